The van der Waals surface area contributed by atoms with E-state index >= 15 is 0 Å². The Hall–Kier alpha value is -1.82. The highest BCUT2D eigenvalue weighted by Gasteiger charge is 2.32. The normalized spacial score (nSPS) is 19.1. The Bertz CT molecular complexity index is 447. The van der Waals surface area contributed by atoms with Crippen molar-refractivity contribution < 1.29 is 4.79 Å². The van der Waals surface area contributed by atoms with E-state index in [1.165, 1.54) is 0 Å². The van der Waals surface area contributed by atoms with Gasteiger partial charge in [0.1, 0.15) is 0 Å². The molecule has 1 aliphatic heterocycles. The van der Waals surface area contributed by atoms with E-state index in [0.717, 1.165) is 24.1 Å². The summed E-state index contributed by atoms with van der Waals surface area (Å²) in [6.07, 6.45) is 0.923. The Labute approximate surface area is 95.3 Å². The molecule has 82 valence electrons. The van der Waals surface area contributed by atoms with E-state index < -0.39 is 5.92 Å². The van der Waals surface area contributed by atoms with Crippen molar-refractivity contribution in [3.8, 4) is 6.07 Å². The maximum absolute atomic E-state index is 12.0. The average molecular weight is 214 g/mol. The highest BCUT2D eigenvalue weighted by atomic mass is 16.2. The molecule has 0 fully saturated rings. The van der Waals surface area contributed by atoms with Crippen LogP contribution in [0.1, 0.15) is 30.4 Å². The highest BCUT2D eigenvalue weighted by Crippen LogP contribution is 2.28. The zero-order valence-electron chi connectivity index (χ0n) is 9.31. The van der Waals surface area contributed by atoms with E-state index in [4.69, 9.17) is 5.26 Å². The van der Waals surface area contributed by atoms with Crippen LogP contribution in [0.3, 0.4) is 0 Å². The first-order chi connectivity index (χ1) is 7.77. The molecule has 1 atom stereocenters. The van der Waals surface area contributed by atoms with Gasteiger partial charge in [0.15, 0.2) is 5.92 Å². The molecule has 16 heavy (non-hydrogen) atoms. The minimum atomic E-state index is -0.614. The van der Waals surface area contributed by atoms with Gasteiger partial charge in [-0.25, -0.2) is 0 Å². The Morgan fingerprint density at radius 2 is 2.25 bits per heavy atom. The lowest BCUT2D eigenvalue weighted by atomic mass is 9.90. The molecule has 0 saturated heterocycles. The molecular weight excluding hydrogens is 200 g/mol. The van der Waals surface area contributed by atoms with E-state index in [-0.39, 0.29) is 5.91 Å². The highest BCUT2D eigenvalue weighted by molar-refractivity contribution is 5.88. The largest absolute Gasteiger partial charge is 0.337 e. The van der Waals surface area contributed by atoms with Crippen LogP contribution in [0.4, 0.5) is 0 Å². The van der Waals surface area contributed by atoms with Crippen molar-refractivity contribution in [1.82, 2.24) is 4.90 Å². The van der Waals surface area contributed by atoms with Gasteiger partial charge in [-0.3, -0.25) is 4.79 Å². The van der Waals surface area contributed by atoms with Crippen molar-refractivity contribution in [2.45, 2.75) is 25.8 Å². The standard InChI is InChI=1S/C13H14N2O/c1-2-7-15-9-10-5-3-4-6-11(10)12(8-14)13(15)16/h3-6,12H,2,7,9H2,1H3. The van der Waals surface area contributed by atoms with E-state index in [1.807, 2.05) is 31.2 Å². The van der Waals surface area contributed by atoms with Crippen LogP contribution in [-0.4, -0.2) is 17.4 Å². The van der Waals surface area contributed by atoms with Crippen molar-refractivity contribution in [3.63, 3.8) is 0 Å². The van der Waals surface area contributed by atoms with Crippen molar-refractivity contribution in [2.75, 3.05) is 6.54 Å². The maximum atomic E-state index is 12.0. The summed E-state index contributed by atoms with van der Waals surface area (Å²) in [6.45, 7) is 3.40. The first-order valence-corrected chi connectivity index (χ1v) is 5.54. The molecule has 1 aromatic rings. The second-order valence-electron chi connectivity index (χ2n) is 4.02. The van der Waals surface area contributed by atoms with Crippen LogP contribution in [0.15, 0.2) is 24.3 Å². The van der Waals surface area contributed by atoms with E-state index in [0.29, 0.717) is 6.54 Å². The molecule has 1 unspecified atom stereocenters. The average Bonchev–Trinajstić information content (AvgIpc) is 2.31. The number of benzene rings is 1. The monoisotopic (exact) mass is 214 g/mol. The van der Waals surface area contributed by atoms with Crippen LogP contribution >= 0.6 is 0 Å². The summed E-state index contributed by atoms with van der Waals surface area (Å²) >= 11 is 0. The fourth-order valence-corrected chi connectivity index (χ4v) is 2.14. The molecular formula is C13H14N2O. The van der Waals surface area contributed by atoms with Crippen LogP contribution < -0.4 is 0 Å². The molecule has 3 heteroatoms. The summed E-state index contributed by atoms with van der Waals surface area (Å²) in [5.74, 6) is -0.667. The van der Waals surface area contributed by atoms with Gasteiger partial charge in [0.05, 0.1) is 6.07 Å². The van der Waals surface area contributed by atoms with Gasteiger partial charge in [-0.15, -0.1) is 0 Å². The lowest BCUT2D eigenvalue weighted by Gasteiger charge is -2.31. The summed E-state index contributed by atoms with van der Waals surface area (Å²) in [5.41, 5.74) is 1.98. The summed E-state index contributed by atoms with van der Waals surface area (Å²) in [6, 6.07) is 9.81. The third-order valence-electron chi connectivity index (χ3n) is 2.91. The van der Waals surface area contributed by atoms with Crippen LogP contribution in [0, 0.1) is 11.3 Å². The molecule has 0 spiro atoms. The van der Waals surface area contributed by atoms with Gasteiger partial charge in [-0.05, 0) is 17.5 Å². The quantitative estimate of drug-likeness (QED) is 0.756. The van der Waals surface area contributed by atoms with Gasteiger partial charge in [0, 0.05) is 13.1 Å². The van der Waals surface area contributed by atoms with E-state index in [1.54, 1.807) is 4.90 Å². The number of rotatable bonds is 2. The Morgan fingerprint density at radius 1 is 1.50 bits per heavy atom. The minimum Gasteiger partial charge on any atom is -0.337 e. The Morgan fingerprint density at radius 3 is 2.94 bits per heavy atom. The molecule has 0 N–H and O–H groups in total. The van der Waals surface area contributed by atoms with Gasteiger partial charge < -0.3 is 4.90 Å². The fourth-order valence-electron chi connectivity index (χ4n) is 2.14. The summed E-state index contributed by atoms with van der Waals surface area (Å²) in [4.78, 5) is 13.8. The Balaban J connectivity index is 2.40. The SMILES string of the molecule is CCCN1Cc2ccccc2C(C#N)C1=O. The lowest BCUT2D eigenvalue weighted by molar-refractivity contribution is -0.133. The molecule has 0 radical (unpaired) electrons. The van der Waals surface area contributed by atoms with Gasteiger partial charge >= 0.3 is 0 Å². The number of carbonyl (C=O) groups excluding carboxylic acids is 1. The molecule has 0 bridgehead atoms. The molecule has 1 aliphatic rings. The van der Waals surface area contributed by atoms with Crippen LogP contribution in [0.2, 0.25) is 0 Å². The first kappa shape index (κ1) is 10.7. The first-order valence-electron chi connectivity index (χ1n) is 5.54. The smallest absolute Gasteiger partial charge is 0.244 e. The molecule has 1 aromatic carbocycles. The Kier molecular flexibility index (Phi) is 2.91. The zero-order chi connectivity index (χ0) is 11.5. The fraction of sp³-hybridized carbons (Fsp3) is 0.385. The predicted octanol–water partition coefficient (Wildman–Crippen LogP) is 2.05. The molecule has 0 aromatic heterocycles. The van der Waals surface area contributed by atoms with Crippen molar-refractivity contribution >= 4 is 5.91 Å². The molecule has 1 heterocycles. The zero-order valence-corrected chi connectivity index (χ0v) is 9.31. The molecule has 0 saturated carbocycles. The minimum absolute atomic E-state index is 0.0527. The van der Waals surface area contributed by atoms with Gasteiger partial charge in [-0.2, -0.15) is 5.26 Å². The summed E-state index contributed by atoms with van der Waals surface area (Å²) in [7, 11) is 0. The topological polar surface area (TPSA) is 44.1 Å². The number of nitrogens with zero attached hydrogens (tertiary/aromatic N) is 2. The lowest BCUT2D eigenvalue weighted by Crippen LogP contribution is -2.39. The number of fused-ring (bicyclic) bond motifs is 1. The van der Waals surface area contributed by atoms with E-state index in [2.05, 4.69) is 6.07 Å². The predicted molar refractivity (Wildman–Crippen MR) is 60.5 cm³/mol. The molecule has 2 rings (SSSR count). The van der Waals surface area contributed by atoms with Crippen LogP contribution in [0.25, 0.3) is 0 Å². The third-order valence-corrected chi connectivity index (χ3v) is 2.91. The second kappa shape index (κ2) is 4.36. The van der Waals surface area contributed by atoms with Gasteiger partial charge in [-0.1, -0.05) is 31.2 Å². The number of hydrogen-bond acceptors (Lipinski definition) is 2. The summed E-state index contributed by atoms with van der Waals surface area (Å²) < 4.78 is 0. The number of carbonyl (C=O) groups is 1. The molecule has 1 amide bonds. The molecule has 0 aliphatic carbocycles. The molecule has 3 nitrogen and oxygen atoms in total. The maximum Gasteiger partial charge on any atom is 0.244 e. The van der Waals surface area contributed by atoms with Crippen LogP contribution in [0.5, 0.6) is 0 Å². The van der Waals surface area contributed by atoms with Crippen molar-refractivity contribution in [2.24, 2.45) is 0 Å². The van der Waals surface area contributed by atoms with Gasteiger partial charge in [0.2, 0.25) is 5.91 Å². The number of amides is 1. The van der Waals surface area contributed by atoms with Gasteiger partial charge in [0.25, 0.3) is 0 Å². The van der Waals surface area contributed by atoms with Crippen molar-refractivity contribution in [1.29, 1.82) is 5.26 Å². The summed E-state index contributed by atoms with van der Waals surface area (Å²) in [5, 5.41) is 9.10. The second-order valence-corrected chi connectivity index (χ2v) is 4.02. The van der Waals surface area contributed by atoms with E-state index in [9.17, 15) is 4.79 Å². The van der Waals surface area contributed by atoms with Crippen LogP contribution in [-0.2, 0) is 11.3 Å². The number of nitriles is 1. The third kappa shape index (κ3) is 1.67. The number of hydrogen-bond donors (Lipinski definition) is 0. The van der Waals surface area contributed by atoms with Crippen molar-refractivity contribution in [3.05, 3.63) is 35.4 Å².